The summed E-state index contributed by atoms with van der Waals surface area (Å²) in [7, 11) is 0. The smallest absolute Gasteiger partial charge is 0.123 e. The van der Waals surface area contributed by atoms with Crippen molar-refractivity contribution in [2.24, 2.45) is 0 Å². The highest BCUT2D eigenvalue weighted by molar-refractivity contribution is 5.71. The minimum absolute atomic E-state index is 0.220. The summed E-state index contributed by atoms with van der Waals surface area (Å²) in [6.07, 6.45) is 1.79. The molecule has 0 saturated carbocycles. The Morgan fingerprint density at radius 3 is 2.35 bits per heavy atom. The van der Waals surface area contributed by atoms with Crippen molar-refractivity contribution in [3.63, 3.8) is 0 Å². The summed E-state index contributed by atoms with van der Waals surface area (Å²) >= 11 is 0. The van der Waals surface area contributed by atoms with Crippen molar-refractivity contribution in [2.75, 3.05) is 0 Å². The van der Waals surface area contributed by atoms with Crippen molar-refractivity contribution in [1.29, 1.82) is 0 Å². The van der Waals surface area contributed by atoms with Crippen molar-refractivity contribution in [1.82, 2.24) is 4.98 Å². The van der Waals surface area contributed by atoms with Crippen molar-refractivity contribution in [3.05, 3.63) is 78.2 Å². The molecular weight excluding hydrogens is 249 g/mol. The minimum Gasteiger partial charge on any atom is -0.256 e. The van der Waals surface area contributed by atoms with E-state index in [0.717, 1.165) is 22.4 Å². The number of aromatic nitrogens is 1. The molecule has 0 N–H and O–H groups in total. The Hall–Kier alpha value is -2.48. The number of benzene rings is 2. The zero-order valence-corrected chi connectivity index (χ0v) is 11.2. The van der Waals surface area contributed by atoms with E-state index in [4.69, 9.17) is 0 Å². The average Bonchev–Trinajstić information content (AvgIpc) is 2.49. The number of halogens is 1. The lowest BCUT2D eigenvalue weighted by Crippen LogP contribution is -1.88. The number of rotatable bonds is 2. The first kappa shape index (κ1) is 12.5. The van der Waals surface area contributed by atoms with E-state index in [0.29, 0.717) is 0 Å². The molecule has 98 valence electrons. The molecule has 3 rings (SSSR count). The lowest BCUT2D eigenvalue weighted by molar-refractivity contribution is 0.628. The Kier molecular flexibility index (Phi) is 3.30. The predicted molar refractivity (Wildman–Crippen MR) is 79.8 cm³/mol. The van der Waals surface area contributed by atoms with E-state index in [9.17, 15) is 4.39 Å². The second-order valence-corrected chi connectivity index (χ2v) is 4.75. The molecule has 2 aromatic carbocycles. The van der Waals surface area contributed by atoms with Crippen LogP contribution in [-0.4, -0.2) is 4.98 Å². The number of nitrogens with zero attached hydrogens (tertiary/aromatic N) is 1. The highest BCUT2D eigenvalue weighted by Gasteiger charge is 2.05. The van der Waals surface area contributed by atoms with E-state index >= 15 is 0 Å². The van der Waals surface area contributed by atoms with Gasteiger partial charge in [0.2, 0.25) is 0 Å². The van der Waals surface area contributed by atoms with E-state index < -0.39 is 0 Å². The van der Waals surface area contributed by atoms with Crippen LogP contribution in [-0.2, 0) is 0 Å². The third-order valence-corrected chi connectivity index (χ3v) is 3.36. The van der Waals surface area contributed by atoms with Crippen molar-refractivity contribution < 1.29 is 4.39 Å². The summed E-state index contributed by atoms with van der Waals surface area (Å²) in [6, 6.07) is 18.7. The van der Waals surface area contributed by atoms with E-state index in [2.05, 4.69) is 24.0 Å². The lowest BCUT2D eigenvalue weighted by Gasteiger charge is -2.07. The number of hydrogen-bond donors (Lipinski definition) is 0. The third kappa shape index (κ3) is 2.45. The van der Waals surface area contributed by atoms with Crippen molar-refractivity contribution in [3.8, 4) is 22.4 Å². The average molecular weight is 263 g/mol. The van der Waals surface area contributed by atoms with Gasteiger partial charge in [-0.1, -0.05) is 36.4 Å². The third-order valence-electron chi connectivity index (χ3n) is 3.36. The molecule has 0 aliphatic carbocycles. The van der Waals surface area contributed by atoms with Crippen LogP contribution in [0, 0.1) is 12.7 Å². The largest absolute Gasteiger partial charge is 0.256 e. The van der Waals surface area contributed by atoms with Gasteiger partial charge in [0.05, 0.1) is 5.69 Å². The number of hydrogen-bond acceptors (Lipinski definition) is 1. The summed E-state index contributed by atoms with van der Waals surface area (Å²) in [5.74, 6) is -0.220. The van der Waals surface area contributed by atoms with Gasteiger partial charge >= 0.3 is 0 Å². The van der Waals surface area contributed by atoms with Crippen LogP contribution in [0.4, 0.5) is 4.39 Å². The van der Waals surface area contributed by atoms with Crippen LogP contribution in [0.15, 0.2) is 66.9 Å². The summed E-state index contributed by atoms with van der Waals surface area (Å²) < 4.78 is 13.0. The molecule has 1 aromatic heterocycles. The van der Waals surface area contributed by atoms with E-state index in [-0.39, 0.29) is 5.82 Å². The molecule has 0 unspecified atom stereocenters. The quantitative estimate of drug-likeness (QED) is 0.643. The first-order chi connectivity index (χ1) is 9.74. The second-order valence-electron chi connectivity index (χ2n) is 4.75. The number of pyridine rings is 1. The monoisotopic (exact) mass is 263 g/mol. The summed E-state index contributed by atoms with van der Waals surface area (Å²) in [5, 5.41) is 0. The molecular formula is C18H14FN. The lowest BCUT2D eigenvalue weighted by atomic mass is 10.0. The fraction of sp³-hybridized carbons (Fsp3) is 0.0556. The zero-order chi connectivity index (χ0) is 13.9. The Morgan fingerprint density at radius 2 is 1.60 bits per heavy atom. The van der Waals surface area contributed by atoms with Crippen molar-refractivity contribution >= 4 is 0 Å². The first-order valence-corrected chi connectivity index (χ1v) is 6.52. The van der Waals surface area contributed by atoms with Gasteiger partial charge in [-0.05, 0) is 47.9 Å². The van der Waals surface area contributed by atoms with Gasteiger partial charge in [-0.2, -0.15) is 0 Å². The van der Waals surface area contributed by atoms with Crippen LogP contribution in [0.1, 0.15) is 5.56 Å². The van der Waals surface area contributed by atoms with Gasteiger partial charge in [0.1, 0.15) is 5.82 Å². The molecule has 0 radical (unpaired) electrons. The van der Waals surface area contributed by atoms with Gasteiger partial charge < -0.3 is 0 Å². The van der Waals surface area contributed by atoms with Crippen LogP contribution >= 0.6 is 0 Å². The predicted octanol–water partition coefficient (Wildman–Crippen LogP) is 4.86. The van der Waals surface area contributed by atoms with Crippen LogP contribution in [0.25, 0.3) is 22.4 Å². The van der Waals surface area contributed by atoms with E-state index in [1.807, 2.05) is 24.3 Å². The van der Waals surface area contributed by atoms with Crippen LogP contribution in [0.3, 0.4) is 0 Å². The maximum atomic E-state index is 13.0. The molecule has 0 spiro atoms. The molecule has 0 bridgehead atoms. The van der Waals surface area contributed by atoms with Gasteiger partial charge in [0, 0.05) is 11.8 Å². The highest BCUT2D eigenvalue weighted by Crippen LogP contribution is 2.26. The van der Waals surface area contributed by atoms with Gasteiger partial charge in [0.15, 0.2) is 0 Å². The molecule has 0 fully saturated rings. The second kappa shape index (κ2) is 5.25. The molecule has 0 amide bonds. The molecule has 0 atom stereocenters. The van der Waals surface area contributed by atoms with Gasteiger partial charge in [0.25, 0.3) is 0 Å². The maximum Gasteiger partial charge on any atom is 0.123 e. The zero-order valence-electron chi connectivity index (χ0n) is 11.2. The molecule has 0 saturated heterocycles. The Bertz CT molecular complexity index is 732. The topological polar surface area (TPSA) is 12.9 Å². The molecule has 1 nitrogen and oxygen atoms in total. The summed E-state index contributed by atoms with van der Waals surface area (Å²) in [5.41, 5.74) is 5.28. The maximum absolute atomic E-state index is 13.0. The molecule has 0 aliphatic rings. The standard InChI is InChI=1S/C18H14FN/c1-13-4-2-3-5-17(13)18-12-15(10-11-20-18)14-6-8-16(19)9-7-14/h2-12H,1H3. The van der Waals surface area contributed by atoms with Gasteiger partial charge in [-0.3, -0.25) is 4.98 Å². The molecule has 0 aliphatic heterocycles. The highest BCUT2D eigenvalue weighted by atomic mass is 19.1. The van der Waals surface area contributed by atoms with Gasteiger partial charge in [-0.15, -0.1) is 0 Å². The SMILES string of the molecule is Cc1ccccc1-c1cc(-c2ccc(F)cc2)ccn1. The van der Waals surface area contributed by atoms with Crippen LogP contribution < -0.4 is 0 Å². The molecule has 1 heterocycles. The fourth-order valence-corrected chi connectivity index (χ4v) is 2.26. The normalized spacial score (nSPS) is 10.5. The Morgan fingerprint density at radius 1 is 0.850 bits per heavy atom. The summed E-state index contributed by atoms with van der Waals surface area (Å²) in [6.45, 7) is 2.07. The first-order valence-electron chi connectivity index (χ1n) is 6.52. The van der Waals surface area contributed by atoms with Gasteiger partial charge in [-0.25, -0.2) is 4.39 Å². The van der Waals surface area contributed by atoms with Crippen LogP contribution in [0.5, 0.6) is 0 Å². The summed E-state index contributed by atoms with van der Waals surface area (Å²) in [4.78, 5) is 4.44. The minimum atomic E-state index is -0.220. The van der Waals surface area contributed by atoms with Crippen LogP contribution in [0.2, 0.25) is 0 Å². The van der Waals surface area contributed by atoms with Crippen molar-refractivity contribution in [2.45, 2.75) is 6.92 Å². The fourth-order valence-electron chi connectivity index (χ4n) is 2.26. The number of aryl methyl sites for hydroxylation is 1. The van der Waals surface area contributed by atoms with E-state index in [1.54, 1.807) is 18.3 Å². The molecule has 20 heavy (non-hydrogen) atoms. The Balaban J connectivity index is 2.06. The molecule has 3 aromatic rings. The molecule has 2 heteroatoms. The Labute approximate surface area is 117 Å². The van der Waals surface area contributed by atoms with E-state index in [1.165, 1.54) is 17.7 Å².